The van der Waals surface area contributed by atoms with Crippen LogP contribution < -0.4 is 14.8 Å². The summed E-state index contributed by atoms with van der Waals surface area (Å²) in [5.74, 6) is 1.66. The summed E-state index contributed by atoms with van der Waals surface area (Å²) in [5.41, 5.74) is 2.49. The molecule has 0 saturated carbocycles. The van der Waals surface area contributed by atoms with Crippen molar-refractivity contribution in [3.63, 3.8) is 0 Å². The molecule has 2 rings (SSSR count). The molecule has 0 spiro atoms. The van der Waals surface area contributed by atoms with Crippen molar-refractivity contribution in [2.75, 3.05) is 13.7 Å². The Labute approximate surface area is 158 Å². The van der Waals surface area contributed by atoms with E-state index in [9.17, 15) is 0 Å². The summed E-state index contributed by atoms with van der Waals surface area (Å²) in [6, 6.07) is 16.6. The molecule has 26 heavy (non-hydrogen) atoms. The van der Waals surface area contributed by atoms with Crippen LogP contribution in [0.4, 0.5) is 0 Å². The molecule has 1 N–H and O–H groups in total. The summed E-state index contributed by atoms with van der Waals surface area (Å²) < 4.78 is 11.4. The first-order valence-corrected chi connectivity index (χ1v) is 9.88. The van der Waals surface area contributed by atoms with Crippen molar-refractivity contribution in [3.05, 3.63) is 59.7 Å². The van der Waals surface area contributed by atoms with Crippen LogP contribution >= 0.6 is 0 Å². The standard InChI is InChI=1S/C23H33NO2/c1-3-4-5-6-7-11-16-26-22-15-14-21(17-23(22)25-2)19-24-18-20-12-9-8-10-13-20/h8-10,12-15,17,24H,3-7,11,16,18-19H2,1-2H3. The van der Waals surface area contributed by atoms with Gasteiger partial charge in [0.15, 0.2) is 11.5 Å². The fraction of sp³-hybridized carbons (Fsp3) is 0.478. The van der Waals surface area contributed by atoms with Crippen molar-refractivity contribution >= 4 is 0 Å². The third-order valence-electron chi connectivity index (χ3n) is 4.48. The monoisotopic (exact) mass is 355 g/mol. The van der Waals surface area contributed by atoms with Gasteiger partial charge in [0.1, 0.15) is 0 Å². The highest BCUT2D eigenvalue weighted by Gasteiger charge is 2.06. The fourth-order valence-corrected chi connectivity index (χ4v) is 2.95. The Bertz CT molecular complexity index is 613. The fourth-order valence-electron chi connectivity index (χ4n) is 2.95. The Hall–Kier alpha value is -2.00. The van der Waals surface area contributed by atoms with E-state index >= 15 is 0 Å². The molecule has 3 nitrogen and oxygen atoms in total. The molecule has 2 aromatic carbocycles. The molecule has 0 aliphatic carbocycles. The molecule has 0 bridgehead atoms. The maximum absolute atomic E-state index is 5.92. The number of unbranched alkanes of at least 4 members (excludes halogenated alkanes) is 5. The van der Waals surface area contributed by atoms with Gasteiger partial charge in [0, 0.05) is 13.1 Å². The SMILES string of the molecule is CCCCCCCCOc1ccc(CNCc2ccccc2)cc1OC. The second kappa shape index (κ2) is 12.4. The van der Waals surface area contributed by atoms with E-state index in [1.807, 2.05) is 12.1 Å². The van der Waals surface area contributed by atoms with Crippen molar-refractivity contribution in [2.45, 2.75) is 58.5 Å². The van der Waals surface area contributed by atoms with E-state index in [2.05, 4.69) is 48.6 Å². The van der Waals surface area contributed by atoms with Crippen LogP contribution in [0.15, 0.2) is 48.5 Å². The van der Waals surface area contributed by atoms with Gasteiger partial charge in [-0.3, -0.25) is 0 Å². The lowest BCUT2D eigenvalue weighted by atomic mass is 10.1. The smallest absolute Gasteiger partial charge is 0.161 e. The molecule has 0 aliphatic heterocycles. The summed E-state index contributed by atoms with van der Waals surface area (Å²) in [4.78, 5) is 0. The number of benzene rings is 2. The van der Waals surface area contributed by atoms with Crippen molar-refractivity contribution in [1.82, 2.24) is 5.32 Å². The Balaban J connectivity index is 1.73. The number of hydrogen-bond donors (Lipinski definition) is 1. The van der Waals surface area contributed by atoms with Gasteiger partial charge in [-0.15, -0.1) is 0 Å². The predicted octanol–water partition coefficient (Wildman–Crippen LogP) is 5.72. The van der Waals surface area contributed by atoms with E-state index in [0.29, 0.717) is 0 Å². The minimum atomic E-state index is 0.758. The Kier molecular flexibility index (Phi) is 9.66. The van der Waals surface area contributed by atoms with Gasteiger partial charge in [0.2, 0.25) is 0 Å². The largest absolute Gasteiger partial charge is 0.493 e. The van der Waals surface area contributed by atoms with Crippen LogP contribution in [-0.2, 0) is 13.1 Å². The first-order chi connectivity index (χ1) is 12.8. The van der Waals surface area contributed by atoms with Crippen LogP contribution in [0.1, 0.15) is 56.6 Å². The zero-order chi connectivity index (χ0) is 18.5. The van der Waals surface area contributed by atoms with Gasteiger partial charge in [-0.2, -0.15) is 0 Å². The third kappa shape index (κ3) is 7.49. The highest BCUT2D eigenvalue weighted by molar-refractivity contribution is 5.43. The maximum Gasteiger partial charge on any atom is 0.161 e. The molecule has 2 aromatic rings. The van der Waals surface area contributed by atoms with Crippen molar-refractivity contribution < 1.29 is 9.47 Å². The molecule has 142 valence electrons. The number of nitrogens with one attached hydrogen (secondary N) is 1. The molecule has 0 fully saturated rings. The minimum Gasteiger partial charge on any atom is -0.493 e. The highest BCUT2D eigenvalue weighted by atomic mass is 16.5. The first kappa shape index (κ1) is 20.3. The van der Waals surface area contributed by atoms with Gasteiger partial charge in [-0.25, -0.2) is 0 Å². The number of methoxy groups -OCH3 is 1. The molecule has 0 aromatic heterocycles. The second-order valence-electron chi connectivity index (χ2n) is 6.69. The second-order valence-corrected chi connectivity index (χ2v) is 6.69. The third-order valence-corrected chi connectivity index (χ3v) is 4.48. The lowest BCUT2D eigenvalue weighted by Crippen LogP contribution is -2.12. The van der Waals surface area contributed by atoms with E-state index < -0.39 is 0 Å². The topological polar surface area (TPSA) is 30.5 Å². The van der Waals surface area contributed by atoms with Crippen LogP contribution in [0.3, 0.4) is 0 Å². The van der Waals surface area contributed by atoms with Crippen LogP contribution in [0, 0.1) is 0 Å². The van der Waals surface area contributed by atoms with E-state index in [0.717, 1.165) is 37.6 Å². The Morgan fingerprint density at radius 3 is 2.27 bits per heavy atom. The number of ether oxygens (including phenoxy) is 2. The van der Waals surface area contributed by atoms with Crippen LogP contribution in [0.2, 0.25) is 0 Å². The van der Waals surface area contributed by atoms with Crippen LogP contribution in [-0.4, -0.2) is 13.7 Å². The molecule has 0 unspecified atom stereocenters. The molecule has 3 heteroatoms. The summed E-state index contributed by atoms with van der Waals surface area (Å²) in [5, 5.41) is 3.47. The molecule has 0 amide bonds. The Morgan fingerprint density at radius 1 is 0.769 bits per heavy atom. The molecular weight excluding hydrogens is 322 g/mol. The summed E-state index contributed by atoms with van der Waals surface area (Å²) >= 11 is 0. The molecule has 0 saturated heterocycles. The maximum atomic E-state index is 5.92. The highest BCUT2D eigenvalue weighted by Crippen LogP contribution is 2.28. The molecule has 0 atom stereocenters. The molecule has 0 aliphatic rings. The van der Waals surface area contributed by atoms with Gasteiger partial charge in [0.05, 0.1) is 13.7 Å². The average molecular weight is 356 g/mol. The molecule has 0 radical (unpaired) electrons. The Morgan fingerprint density at radius 2 is 1.50 bits per heavy atom. The van der Waals surface area contributed by atoms with Gasteiger partial charge >= 0.3 is 0 Å². The van der Waals surface area contributed by atoms with Crippen LogP contribution in [0.25, 0.3) is 0 Å². The lowest BCUT2D eigenvalue weighted by molar-refractivity contribution is 0.284. The van der Waals surface area contributed by atoms with E-state index in [-0.39, 0.29) is 0 Å². The van der Waals surface area contributed by atoms with Crippen molar-refractivity contribution in [3.8, 4) is 11.5 Å². The predicted molar refractivity (Wildman–Crippen MR) is 109 cm³/mol. The van der Waals surface area contributed by atoms with E-state index in [1.54, 1.807) is 7.11 Å². The minimum absolute atomic E-state index is 0.758. The van der Waals surface area contributed by atoms with Crippen molar-refractivity contribution in [1.29, 1.82) is 0 Å². The summed E-state index contributed by atoms with van der Waals surface area (Å²) in [7, 11) is 1.70. The summed E-state index contributed by atoms with van der Waals surface area (Å²) in [6.45, 7) is 4.67. The molecular formula is C23H33NO2. The quantitative estimate of drug-likeness (QED) is 0.466. The van der Waals surface area contributed by atoms with E-state index in [4.69, 9.17) is 9.47 Å². The van der Waals surface area contributed by atoms with Gasteiger partial charge < -0.3 is 14.8 Å². The average Bonchev–Trinajstić information content (AvgIpc) is 2.68. The number of hydrogen-bond acceptors (Lipinski definition) is 3. The lowest BCUT2D eigenvalue weighted by Gasteiger charge is -2.13. The van der Waals surface area contributed by atoms with E-state index in [1.165, 1.54) is 43.2 Å². The van der Waals surface area contributed by atoms with Crippen LogP contribution in [0.5, 0.6) is 11.5 Å². The van der Waals surface area contributed by atoms with Gasteiger partial charge in [0.25, 0.3) is 0 Å². The van der Waals surface area contributed by atoms with Gasteiger partial charge in [-0.05, 0) is 29.7 Å². The number of rotatable bonds is 13. The van der Waals surface area contributed by atoms with Crippen molar-refractivity contribution in [2.24, 2.45) is 0 Å². The zero-order valence-electron chi connectivity index (χ0n) is 16.3. The summed E-state index contributed by atoms with van der Waals surface area (Å²) in [6.07, 6.45) is 7.62. The zero-order valence-corrected chi connectivity index (χ0v) is 16.3. The normalized spacial score (nSPS) is 10.7. The van der Waals surface area contributed by atoms with Gasteiger partial charge in [-0.1, -0.05) is 75.4 Å². The molecule has 0 heterocycles. The first-order valence-electron chi connectivity index (χ1n) is 9.88.